The molecule has 1 aliphatic carbocycles. The zero-order valence-corrected chi connectivity index (χ0v) is 15.6. The zero-order chi connectivity index (χ0) is 19.9. The summed E-state index contributed by atoms with van der Waals surface area (Å²) in [5.74, 6) is -0.347. The lowest BCUT2D eigenvalue weighted by Crippen LogP contribution is -2.28. The van der Waals surface area contributed by atoms with Crippen LogP contribution in [0.2, 0.25) is 0 Å². The molecule has 7 heteroatoms. The highest BCUT2D eigenvalue weighted by atomic mass is 16.5. The van der Waals surface area contributed by atoms with Crippen LogP contribution in [0, 0.1) is 5.92 Å². The number of nitrogens with one attached hydrogen (secondary N) is 2. The summed E-state index contributed by atoms with van der Waals surface area (Å²) in [7, 11) is 1.58. The number of hydrogen-bond acceptors (Lipinski definition) is 5. The van der Waals surface area contributed by atoms with Crippen molar-refractivity contribution in [2.24, 2.45) is 5.92 Å². The molecule has 3 rings (SSSR count). The molecule has 28 heavy (non-hydrogen) atoms. The lowest BCUT2D eigenvalue weighted by Gasteiger charge is -2.22. The summed E-state index contributed by atoms with van der Waals surface area (Å²) >= 11 is 0. The Kier molecular flexibility index (Phi) is 6.26. The van der Waals surface area contributed by atoms with Gasteiger partial charge in [-0.25, -0.2) is 0 Å². The Bertz CT molecular complexity index is 842. The first-order valence-corrected chi connectivity index (χ1v) is 9.07. The van der Waals surface area contributed by atoms with Crippen molar-refractivity contribution in [1.82, 2.24) is 0 Å². The van der Waals surface area contributed by atoms with Gasteiger partial charge in [0.25, 0.3) is 11.8 Å². The van der Waals surface area contributed by atoms with E-state index in [2.05, 4.69) is 10.6 Å². The Morgan fingerprint density at radius 1 is 0.929 bits per heavy atom. The molecule has 0 saturated heterocycles. The van der Waals surface area contributed by atoms with E-state index in [1.54, 1.807) is 55.6 Å². The van der Waals surface area contributed by atoms with Crippen LogP contribution in [0.1, 0.15) is 29.6 Å². The molecule has 0 aromatic heterocycles. The van der Waals surface area contributed by atoms with Crippen LogP contribution in [0.3, 0.4) is 0 Å². The van der Waals surface area contributed by atoms with Crippen LogP contribution in [-0.4, -0.2) is 31.5 Å². The first kappa shape index (κ1) is 19.4. The highest BCUT2D eigenvalue weighted by Gasteiger charge is 2.27. The van der Waals surface area contributed by atoms with Crippen LogP contribution in [0.5, 0.6) is 5.75 Å². The molecule has 2 aromatic carbocycles. The predicted octanol–water partition coefficient (Wildman–Crippen LogP) is 3.23. The number of esters is 1. The normalized spacial score (nSPS) is 13.2. The van der Waals surface area contributed by atoms with Crippen molar-refractivity contribution < 1.29 is 23.9 Å². The maximum Gasteiger partial charge on any atom is 0.309 e. The Morgan fingerprint density at radius 3 is 2.11 bits per heavy atom. The largest absolute Gasteiger partial charge is 0.497 e. The molecule has 1 saturated carbocycles. The monoisotopic (exact) mass is 382 g/mol. The van der Waals surface area contributed by atoms with Crippen molar-refractivity contribution in [3.8, 4) is 5.75 Å². The summed E-state index contributed by atoms with van der Waals surface area (Å²) in [6, 6.07) is 13.5. The molecule has 0 bridgehead atoms. The molecule has 0 radical (unpaired) electrons. The van der Waals surface area contributed by atoms with Crippen LogP contribution in [0.4, 0.5) is 11.4 Å². The van der Waals surface area contributed by atoms with Crippen molar-refractivity contribution in [2.75, 3.05) is 24.4 Å². The summed E-state index contributed by atoms with van der Waals surface area (Å²) in [4.78, 5) is 35.8. The third kappa shape index (κ3) is 5.09. The van der Waals surface area contributed by atoms with Gasteiger partial charge in [-0.05, 0) is 61.4 Å². The average Bonchev–Trinajstić information content (AvgIpc) is 2.66. The number of amides is 2. The summed E-state index contributed by atoms with van der Waals surface area (Å²) in [6.07, 6.45) is 2.70. The van der Waals surface area contributed by atoms with Crippen LogP contribution in [0.15, 0.2) is 48.5 Å². The van der Waals surface area contributed by atoms with E-state index in [4.69, 9.17) is 9.47 Å². The smallest absolute Gasteiger partial charge is 0.309 e. The van der Waals surface area contributed by atoms with Gasteiger partial charge in [0.15, 0.2) is 6.61 Å². The van der Waals surface area contributed by atoms with Gasteiger partial charge in [0.2, 0.25) is 0 Å². The fourth-order valence-corrected chi connectivity index (χ4v) is 2.68. The van der Waals surface area contributed by atoms with Gasteiger partial charge in [-0.1, -0.05) is 6.42 Å². The molecular formula is C21H22N2O5. The van der Waals surface area contributed by atoms with E-state index in [1.165, 1.54) is 0 Å². The van der Waals surface area contributed by atoms with E-state index in [9.17, 15) is 14.4 Å². The van der Waals surface area contributed by atoms with Crippen LogP contribution >= 0.6 is 0 Å². The van der Waals surface area contributed by atoms with Gasteiger partial charge in [-0.2, -0.15) is 0 Å². The number of anilines is 2. The molecule has 0 atom stereocenters. The molecule has 0 unspecified atom stereocenters. The maximum absolute atomic E-state index is 12.3. The number of benzene rings is 2. The second kappa shape index (κ2) is 9.03. The van der Waals surface area contributed by atoms with Crippen LogP contribution in [0.25, 0.3) is 0 Å². The number of hydrogen-bond donors (Lipinski definition) is 2. The van der Waals surface area contributed by atoms with Crippen molar-refractivity contribution in [1.29, 1.82) is 0 Å². The molecule has 2 N–H and O–H groups in total. The number of methoxy groups -OCH3 is 1. The Balaban J connectivity index is 1.48. The fourth-order valence-electron chi connectivity index (χ4n) is 2.68. The lowest BCUT2D eigenvalue weighted by molar-refractivity contribution is -0.154. The van der Waals surface area contributed by atoms with Gasteiger partial charge >= 0.3 is 5.97 Å². The SMILES string of the molecule is COc1ccc(NC(=O)c2ccc(NC(=O)COC(=O)C3CCC3)cc2)cc1. The van der Waals surface area contributed by atoms with E-state index in [0.717, 1.165) is 19.3 Å². The molecular weight excluding hydrogens is 360 g/mol. The second-order valence-electron chi connectivity index (χ2n) is 6.54. The molecule has 0 aliphatic heterocycles. The summed E-state index contributed by atoms with van der Waals surface area (Å²) in [5, 5.41) is 5.42. The lowest BCUT2D eigenvalue weighted by atomic mass is 9.86. The van der Waals surface area contributed by atoms with Gasteiger partial charge < -0.3 is 20.1 Å². The number of rotatable bonds is 7. The highest BCUT2D eigenvalue weighted by Crippen LogP contribution is 2.27. The maximum atomic E-state index is 12.3. The van der Waals surface area contributed by atoms with Crippen molar-refractivity contribution in [2.45, 2.75) is 19.3 Å². The minimum Gasteiger partial charge on any atom is -0.497 e. The standard InChI is InChI=1S/C21H22N2O5/c1-27-18-11-9-17(10-12-18)23-20(25)14-5-7-16(8-6-14)22-19(24)13-28-21(26)15-3-2-4-15/h5-12,15H,2-4,13H2,1H3,(H,22,24)(H,23,25). The number of carbonyl (C=O) groups is 3. The van der Waals surface area contributed by atoms with E-state index in [1.807, 2.05) is 0 Å². The van der Waals surface area contributed by atoms with E-state index in [-0.39, 0.29) is 24.4 Å². The molecule has 1 aliphatic rings. The molecule has 2 aromatic rings. The van der Waals surface area contributed by atoms with Gasteiger partial charge in [0.1, 0.15) is 5.75 Å². The quantitative estimate of drug-likeness (QED) is 0.717. The minimum atomic E-state index is -0.414. The zero-order valence-electron chi connectivity index (χ0n) is 15.6. The number of carbonyl (C=O) groups excluding carboxylic acids is 3. The molecule has 1 fully saturated rings. The summed E-state index contributed by atoms with van der Waals surface area (Å²) in [5.41, 5.74) is 1.62. The molecule has 7 nitrogen and oxygen atoms in total. The minimum absolute atomic E-state index is 0.0590. The summed E-state index contributed by atoms with van der Waals surface area (Å²) in [6.45, 7) is -0.310. The molecule has 146 valence electrons. The van der Waals surface area contributed by atoms with Crippen LogP contribution < -0.4 is 15.4 Å². The first-order valence-electron chi connectivity index (χ1n) is 9.07. The molecule has 0 heterocycles. The Labute approximate surface area is 163 Å². The van der Waals surface area contributed by atoms with E-state index in [0.29, 0.717) is 22.7 Å². The predicted molar refractivity (Wildman–Crippen MR) is 104 cm³/mol. The van der Waals surface area contributed by atoms with Gasteiger partial charge in [0, 0.05) is 16.9 Å². The van der Waals surface area contributed by atoms with Gasteiger partial charge in [0.05, 0.1) is 13.0 Å². The van der Waals surface area contributed by atoms with Gasteiger partial charge in [-0.15, -0.1) is 0 Å². The number of ether oxygens (including phenoxy) is 2. The fraction of sp³-hybridized carbons (Fsp3) is 0.286. The molecule has 2 amide bonds. The highest BCUT2D eigenvalue weighted by molar-refractivity contribution is 6.04. The average molecular weight is 382 g/mol. The first-order chi connectivity index (χ1) is 13.5. The van der Waals surface area contributed by atoms with Crippen molar-refractivity contribution in [3.05, 3.63) is 54.1 Å². The second-order valence-corrected chi connectivity index (χ2v) is 6.54. The topological polar surface area (TPSA) is 93.7 Å². The van der Waals surface area contributed by atoms with E-state index >= 15 is 0 Å². The van der Waals surface area contributed by atoms with Crippen LogP contribution in [-0.2, 0) is 14.3 Å². The van der Waals surface area contributed by atoms with Crippen molar-refractivity contribution >= 4 is 29.2 Å². The third-order valence-electron chi connectivity index (χ3n) is 4.56. The molecule has 0 spiro atoms. The third-order valence-corrected chi connectivity index (χ3v) is 4.56. The Hall–Kier alpha value is -3.35. The van der Waals surface area contributed by atoms with E-state index < -0.39 is 5.91 Å². The van der Waals surface area contributed by atoms with Gasteiger partial charge in [-0.3, -0.25) is 14.4 Å². The Morgan fingerprint density at radius 2 is 1.54 bits per heavy atom. The van der Waals surface area contributed by atoms with Crippen molar-refractivity contribution in [3.63, 3.8) is 0 Å². The summed E-state index contributed by atoms with van der Waals surface area (Å²) < 4.78 is 10.1.